The number of benzene rings is 1. The highest BCUT2D eigenvalue weighted by molar-refractivity contribution is 9.10. The van der Waals surface area contributed by atoms with Crippen molar-refractivity contribution in [3.63, 3.8) is 0 Å². The number of ether oxygens (including phenoxy) is 1. The number of rotatable bonds is 3. The van der Waals surface area contributed by atoms with Crippen molar-refractivity contribution < 1.29 is 4.74 Å². The van der Waals surface area contributed by atoms with Crippen molar-refractivity contribution in [3.8, 4) is 5.75 Å². The minimum absolute atomic E-state index is 0.629. The summed E-state index contributed by atoms with van der Waals surface area (Å²) < 4.78 is 6.75. The van der Waals surface area contributed by atoms with Gasteiger partial charge in [0.2, 0.25) is 5.95 Å². The molecule has 0 spiro atoms. The van der Waals surface area contributed by atoms with Crippen LogP contribution >= 0.6 is 15.9 Å². The number of hydrogen-bond donors (Lipinski definition) is 1. The van der Waals surface area contributed by atoms with Gasteiger partial charge in [-0.15, -0.1) is 0 Å². The van der Waals surface area contributed by atoms with E-state index in [1.807, 2.05) is 0 Å². The zero-order valence-electron chi connectivity index (χ0n) is 9.69. The number of halogens is 1. The maximum Gasteiger partial charge on any atom is 0.222 e. The van der Waals surface area contributed by atoms with E-state index < -0.39 is 0 Å². The van der Waals surface area contributed by atoms with Gasteiger partial charge in [0.05, 0.1) is 6.61 Å². The van der Waals surface area contributed by atoms with Gasteiger partial charge in [0.15, 0.2) is 0 Å². The Morgan fingerprint density at radius 1 is 1.28 bits per heavy atom. The monoisotopic (exact) mass is 305 g/mol. The summed E-state index contributed by atoms with van der Waals surface area (Å²) in [4.78, 5) is 8.27. The third-order valence-electron chi connectivity index (χ3n) is 2.83. The molecule has 1 aliphatic heterocycles. The molecule has 0 atom stereocenters. The zero-order valence-corrected chi connectivity index (χ0v) is 11.3. The van der Waals surface area contributed by atoms with Crippen molar-refractivity contribution in [3.05, 3.63) is 46.2 Å². The van der Waals surface area contributed by atoms with Gasteiger partial charge in [-0.05, 0) is 23.8 Å². The first kappa shape index (κ1) is 11.5. The fourth-order valence-corrected chi connectivity index (χ4v) is 2.59. The first-order valence-corrected chi connectivity index (χ1v) is 6.57. The van der Waals surface area contributed by atoms with Crippen LogP contribution in [0.4, 0.5) is 5.95 Å². The number of anilines is 1. The number of nitrogens with one attached hydrogen (secondary N) is 1. The van der Waals surface area contributed by atoms with Gasteiger partial charge in [0, 0.05) is 35.4 Å². The van der Waals surface area contributed by atoms with Crippen LogP contribution in [0.5, 0.6) is 5.75 Å². The Morgan fingerprint density at radius 2 is 2.11 bits per heavy atom. The van der Waals surface area contributed by atoms with Gasteiger partial charge in [-0.3, -0.25) is 0 Å². The summed E-state index contributed by atoms with van der Waals surface area (Å²) in [6.07, 6.45) is 4.41. The van der Waals surface area contributed by atoms with Crippen molar-refractivity contribution in [1.82, 2.24) is 9.97 Å². The molecule has 4 nitrogen and oxygen atoms in total. The van der Waals surface area contributed by atoms with Crippen LogP contribution in [0.3, 0.4) is 0 Å². The van der Waals surface area contributed by atoms with Crippen LogP contribution in [0.2, 0.25) is 0 Å². The molecular weight excluding hydrogens is 294 g/mol. The standard InChI is InChI=1S/C13H12BrN3O/c14-11-6-9-2-5-18-12(9)10(7-11)8-17-13-15-3-1-4-16-13/h1,3-4,6-7H,2,5,8H2,(H,15,16,17). The highest BCUT2D eigenvalue weighted by Gasteiger charge is 2.17. The van der Waals surface area contributed by atoms with E-state index in [4.69, 9.17) is 4.74 Å². The smallest absolute Gasteiger partial charge is 0.222 e. The average molecular weight is 306 g/mol. The molecule has 1 aromatic carbocycles. The predicted octanol–water partition coefficient (Wildman–Crippen LogP) is 2.79. The number of hydrogen-bond acceptors (Lipinski definition) is 4. The average Bonchev–Trinajstić information content (AvgIpc) is 2.85. The maximum atomic E-state index is 5.67. The first-order chi connectivity index (χ1) is 8.83. The molecule has 0 unspecified atom stereocenters. The molecule has 0 bridgehead atoms. The molecule has 2 aromatic rings. The summed E-state index contributed by atoms with van der Waals surface area (Å²) >= 11 is 3.53. The number of aromatic nitrogens is 2. The molecule has 3 rings (SSSR count). The number of nitrogens with zero attached hydrogens (tertiary/aromatic N) is 2. The van der Waals surface area contributed by atoms with Crippen LogP contribution in [0.25, 0.3) is 0 Å². The molecule has 0 saturated heterocycles. The minimum Gasteiger partial charge on any atom is -0.493 e. The molecule has 92 valence electrons. The molecule has 0 aliphatic carbocycles. The van der Waals surface area contributed by atoms with Gasteiger partial charge in [0.1, 0.15) is 5.75 Å². The quantitative estimate of drug-likeness (QED) is 0.947. The Bertz CT molecular complexity index is 560. The van der Waals surface area contributed by atoms with E-state index in [-0.39, 0.29) is 0 Å². The van der Waals surface area contributed by atoms with Crippen LogP contribution < -0.4 is 10.1 Å². The molecule has 1 aromatic heterocycles. The SMILES string of the molecule is Brc1cc2c(c(CNc3ncccn3)c1)OCC2. The van der Waals surface area contributed by atoms with Crippen molar-refractivity contribution in [2.75, 3.05) is 11.9 Å². The topological polar surface area (TPSA) is 47.0 Å². The fourth-order valence-electron chi connectivity index (χ4n) is 2.04. The van der Waals surface area contributed by atoms with Crippen molar-refractivity contribution in [1.29, 1.82) is 0 Å². The summed E-state index contributed by atoms with van der Waals surface area (Å²) in [5.74, 6) is 1.63. The van der Waals surface area contributed by atoms with Crippen molar-refractivity contribution in [2.45, 2.75) is 13.0 Å². The largest absolute Gasteiger partial charge is 0.493 e. The normalized spacial score (nSPS) is 12.9. The van der Waals surface area contributed by atoms with Gasteiger partial charge >= 0.3 is 0 Å². The summed E-state index contributed by atoms with van der Waals surface area (Å²) in [6, 6.07) is 5.98. The minimum atomic E-state index is 0.629. The van der Waals surface area contributed by atoms with Crippen LogP contribution in [0.1, 0.15) is 11.1 Å². The Morgan fingerprint density at radius 3 is 2.94 bits per heavy atom. The Balaban J connectivity index is 1.81. The van der Waals surface area contributed by atoms with Crippen LogP contribution in [-0.2, 0) is 13.0 Å². The van der Waals surface area contributed by atoms with E-state index in [1.54, 1.807) is 18.5 Å². The van der Waals surface area contributed by atoms with E-state index in [0.29, 0.717) is 12.5 Å². The lowest BCUT2D eigenvalue weighted by atomic mass is 10.1. The van der Waals surface area contributed by atoms with E-state index in [0.717, 1.165) is 28.8 Å². The van der Waals surface area contributed by atoms with Crippen molar-refractivity contribution >= 4 is 21.9 Å². The molecule has 0 saturated carbocycles. The third kappa shape index (κ3) is 2.31. The van der Waals surface area contributed by atoms with E-state index in [1.165, 1.54) is 5.56 Å². The van der Waals surface area contributed by atoms with Gasteiger partial charge < -0.3 is 10.1 Å². The highest BCUT2D eigenvalue weighted by atomic mass is 79.9. The molecule has 0 amide bonds. The van der Waals surface area contributed by atoms with Gasteiger partial charge in [-0.1, -0.05) is 15.9 Å². The molecule has 0 fully saturated rings. The highest BCUT2D eigenvalue weighted by Crippen LogP contribution is 2.33. The zero-order chi connectivity index (χ0) is 12.4. The second-order valence-corrected chi connectivity index (χ2v) is 4.99. The first-order valence-electron chi connectivity index (χ1n) is 5.78. The molecule has 1 aliphatic rings. The summed E-state index contributed by atoms with van der Waals surface area (Å²) in [5, 5.41) is 3.19. The van der Waals surface area contributed by atoms with Crippen LogP contribution in [0.15, 0.2) is 35.1 Å². The van der Waals surface area contributed by atoms with Crippen LogP contribution in [-0.4, -0.2) is 16.6 Å². The predicted molar refractivity (Wildman–Crippen MR) is 72.7 cm³/mol. The van der Waals surface area contributed by atoms with Crippen molar-refractivity contribution in [2.24, 2.45) is 0 Å². The second-order valence-electron chi connectivity index (χ2n) is 4.08. The van der Waals surface area contributed by atoms with Crippen LogP contribution in [0, 0.1) is 0 Å². The molecule has 18 heavy (non-hydrogen) atoms. The van der Waals surface area contributed by atoms with Gasteiger partial charge in [-0.2, -0.15) is 0 Å². The number of fused-ring (bicyclic) bond motifs is 1. The van der Waals surface area contributed by atoms with E-state index in [9.17, 15) is 0 Å². The summed E-state index contributed by atoms with van der Waals surface area (Å²) in [5.41, 5.74) is 2.39. The molecule has 2 heterocycles. The molecular formula is C13H12BrN3O. The lowest BCUT2D eigenvalue weighted by Gasteiger charge is -2.10. The molecule has 0 radical (unpaired) electrons. The fraction of sp³-hybridized carbons (Fsp3) is 0.231. The Hall–Kier alpha value is -1.62. The summed E-state index contributed by atoms with van der Waals surface area (Å²) in [7, 11) is 0. The van der Waals surface area contributed by atoms with E-state index >= 15 is 0 Å². The molecule has 5 heteroatoms. The van der Waals surface area contributed by atoms with Gasteiger partial charge in [-0.25, -0.2) is 9.97 Å². The lowest BCUT2D eigenvalue weighted by Crippen LogP contribution is -2.04. The molecule has 1 N–H and O–H groups in total. The second kappa shape index (κ2) is 4.94. The Labute approximate surface area is 114 Å². The maximum absolute atomic E-state index is 5.67. The summed E-state index contributed by atoms with van der Waals surface area (Å²) in [6.45, 7) is 1.42. The lowest BCUT2D eigenvalue weighted by molar-refractivity contribution is 0.354. The Kier molecular flexibility index (Phi) is 3.15. The van der Waals surface area contributed by atoms with E-state index in [2.05, 4.69) is 43.3 Å². The van der Waals surface area contributed by atoms with Gasteiger partial charge in [0.25, 0.3) is 0 Å². The third-order valence-corrected chi connectivity index (χ3v) is 3.29.